The first-order chi connectivity index (χ1) is 7.29. The first-order valence-corrected chi connectivity index (χ1v) is 4.42. The molecular formula is C10H9N5. The maximum atomic E-state index is 8.70. The summed E-state index contributed by atoms with van der Waals surface area (Å²) >= 11 is 0. The van der Waals surface area contributed by atoms with Gasteiger partial charge in [0.25, 0.3) is 0 Å². The number of nitrogens with two attached hydrogens (primary N) is 1. The predicted octanol–water partition coefficient (Wildman–Crippen LogP) is 0.780. The highest BCUT2D eigenvalue weighted by molar-refractivity contribution is 5.46. The van der Waals surface area contributed by atoms with Gasteiger partial charge in [-0.1, -0.05) is 6.07 Å². The smallest absolute Gasteiger partial charge is 0.163 e. The van der Waals surface area contributed by atoms with E-state index in [9.17, 15) is 0 Å². The number of hydrogen-bond acceptors (Lipinski definition) is 4. The Morgan fingerprint density at radius 3 is 2.93 bits per heavy atom. The molecule has 0 saturated heterocycles. The molecule has 0 aliphatic rings. The van der Waals surface area contributed by atoms with Crippen LogP contribution in [-0.4, -0.2) is 14.8 Å². The second-order valence-corrected chi connectivity index (χ2v) is 3.06. The van der Waals surface area contributed by atoms with Crippen LogP contribution in [0, 0.1) is 11.3 Å². The van der Waals surface area contributed by atoms with Crippen LogP contribution < -0.4 is 5.73 Å². The van der Waals surface area contributed by atoms with E-state index in [1.54, 1.807) is 17.1 Å². The highest BCUT2D eigenvalue weighted by Gasteiger charge is 2.04. The molecule has 15 heavy (non-hydrogen) atoms. The molecule has 2 N–H and O–H groups in total. The average molecular weight is 199 g/mol. The molecule has 2 aromatic rings. The third-order valence-corrected chi connectivity index (χ3v) is 1.96. The van der Waals surface area contributed by atoms with Gasteiger partial charge in [0, 0.05) is 12.4 Å². The quantitative estimate of drug-likeness (QED) is 0.775. The highest BCUT2D eigenvalue weighted by Crippen LogP contribution is 2.08. The van der Waals surface area contributed by atoms with E-state index in [0.29, 0.717) is 12.1 Å². The van der Waals surface area contributed by atoms with Crippen LogP contribution in [0.4, 0.5) is 5.82 Å². The minimum Gasteiger partial charge on any atom is -0.381 e. The zero-order valence-electron chi connectivity index (χ0n) is 7.96. The van der Waals surface area contributed by atoms with Gasteiger partial charge in [-0.15, -0.1) is 0 Å². The summed E-state index contributed by atoms with van der Waals surface area (Å²) in [7, 11) is 0. The number of pyridine rings is 1. The van der Waals surface area contributed by atoms with E-state index in [2.05, 4.69) is 10.1 Å². The summed E-state index contributed by atoms with van der Waals surface area (Å²) in [6.07, 6.45) is 3.33. The van der Waals surface area contributed by atoms with Gasteiger partial charge in [-0.2, -0.15) is 10.4 Å². The van der Waals surface area contributed by atoms with Crippen molar-refractivity contribution in [3.63, 3.8) is 0 Å². The van der Waals surface area contributed by atoms with Crippen molar-refractivity contribution < 1.29 is 0 Å². The van der Waals surface area contributed by atoms with Crippen LogP contribution >= 0.6 is 0 Å². The second kappa shape index (κ2) is 3.80. The van der Waals surface area contributed by atoms with Gasteiger partial charge in [-0.25, -0.2) is 0 Å². The zero-order chi connectivity index (χ0) is 10.7. The molecule has 5 heteroatoms. The summed E-state index contributed by atoms with van der Waals surface area (Å²) in [5.74, 6) is 0.258. The van der Waals surface area contributed by atoms with Crippen LogP contribution in [0.3, 0.4) is 0 Å². The van der Waals surface area contributed by atoms with Crippen molar-refractivity contribution in [2.75, 3.05) is 5.73 Å². The first-order valence-electron chi connectivity index (χ1n) is 4.42. The first kappa shape index (κ1) is 9.21. The van der Waals surface area contributed by atoms with Crippen LogP contribution in [-0.2, 0) is 6.54 Å². The Hall–Kier alpha value is -2.35. The molecule has 2 heterocycles. The van der Waals surface area contributed by atoms with Crippen molar-refractivity contribution in [1.82, 2.24) is 14.8 Å². The van der Waals surface area contributed by atoms with Gasteiger partial charge in [-0.05, 0) is 12.1 Å². The summed E-state index contributed by atoms with van der Waals surface area (Å²) in [6.45, 7) is 0.521. The number of anilines is 1. The molecule has 0 fully saturated rings. The Morgan fingerprint density at radius 1 is 1.47 bits per heavy atom. The van der Waals surface area contributed by atoms with Crippen molar-refractivity contribution in [1.29, 1.82) is 5.26 Å². The van der Waals surface area contributed by atoms with E-state index in [-0.39, 0.29) is 5.82 Å². The Balaban J connectivity index is 2.23. The van der Waals surface area contributed by atoms with E-state index in [4.69, 9.17) is 11.0 Å². The molecule has 0 aliphatic heterocycles. The number of aromatic nitrogens is 3. The van der Waals surface area contributed by atoms with Crippen LogP contribution in [0.5, 0.6) is 0 Å². The van der Waals surface area contributed by atoms with E-state index < -0.39 is 0 Å². The van der Waals surface area contributed by atoms with Crippen LogP contribution in [0.25, 0.3) is 0 Å². The molecule has 0 aliphatic carbocycles. The number of nitrogens with zero attached hydrogens (tertiary/aromatic N) is 4. The lowest BCUT2D eigenvalue weighted by molar-refractivity contribution is 0.675. The molecule has 0 saturated carbocycles. The SMILES string of the molecule is N#Cc1cn(Cc2ccccn2)nc1N. The summed E-state index contributed by atoms with van der Waals surface area (Å²) in [5.41, 5.74) is 6.80. The third kappa shape index (κ3) is 1.94. The summed E-state index contributed by atoms with van der Waals surface area (Å²) < 4.78 is 1.61. The normalized spacial score (nSPS) is 9.80. The van der Waals surface area contributed by atoms with Crippen molar-refractivity contribution in [3.05, 3.63) is 41.9 Å². The zero-order valence-corrected chi connectivity index (χ0v) is 7.96. The molecule has 2 aromatic heterocycles. The molecule has 0 radical (unpaired) electrons. The average Bonchev–Trinajstić information content (AvgIpc) is 2.60. The maximum Gasteiger partial charge on any atom is 0.163 e. The predicted molar refractivity (Wildman–Crippen MR) is 54.7 cm³/mol. The molecule has 0 bridgehead atoms. The van der Waals surface area contributed by atoms with Gasteiger partial charge in [0.05, 0.1) is 12.2 Å². The molecule has 2 rings (SSSR count). The van der Waals surface area contributed by atoms with Gasteiger partial charge in [-0.3, -0.25) is 9.67 Å². The van der Waals surface area contributed by atoms with Crippen molar-refractivity contribution in [2.45, 2.75) is 6.54 Å². The molecular weight excluding hydrogens is 190 g/mol. The number of rotatable bonds is 2. The summed E-state index contributed by atoms with van der Waals surface area (Å²) in [4.78, 5) is 4.15. The minimum absolute atomic E-state index is 0.258. The Kier molecular flexibility index (Phi) is 2.33. The van der Waals surface area contributed by atoms with Gasteiger partial charge in [0.2, 0.25) is 0 Å². The molecule has 0 aromatic carbocycles. The lowest BCUT2D eigenvalue weighted by Crippen LogP contribution is -2.02. The largest absolute Gasteiger partial charge is 0.381 e. The second-order valence-electron chi connectivity index (χ2n) is 3.06. The number of nitriles is 1. The van der Waals surface area contributed by atoms with Crippen LogP contribution in [0.1, 0.15) is 11.3 Å². The van der Waals surface area contributed by atoms with Gasteiger partial charge < -0.3 is 5.73 Å². The topological polar surface area (TPSA) is 80.5 Å². The molecule has 74 valence electrons. The van der Waals surface area contributed by atoms with Crippen LogP contribution in [0.2, 0.25) is 0 Å². The van der Waals surface area contributed by atoms with E-state index in [1.807, 2.05) is 24.3 Å². The summed E-state index contributed by atoms with van der Waals surface area (Å²) in [5, 5.41) is 12.7. The lowest BCUT2D eigenvalue weighted by Gasteiger charge is -1.99. The summed E-state index contributed by atoms with van der Waals surface area (Å²) in [6, 6.07) is 7.62. The van der Waals surface area contributed by atoms with Gasteiger partial charge >= 0.3 is 0 Å². The fourth-order valence-electron chi connectivity index (χ4n) is 1.26. The van der Waals surface area contributed by atoms with Gasteiger partial charge in [0.1, 0.15) is 11.6 Å². The molecule has 0 unspecified atom stereocenters. The van der Waals surface area contributed by atoms with Crippen molar-refractivity contribution in [2.24, 2.45) is 0 Å². The monoisotopic (exact) mass is 199 g/mol. The Labute approximate surface area is 86.8 Å². The Bertz CT molecular complexity index is 494. The van der Waals surface area contributed by atoms with Gasteiger partial charge in [0.15, 0.2) is 5.82 Å². The van der Waals surface area contributed by atoms with Crippen molar-refractivity contribution in [3.8, 4) is 6.07 Å². The molecule has 5 nitrogen and oxygen atoms in total. The van der Waals surface area contributed by atoms with E-state index >= 15 is 0 Å². The third-order valence-electron chi connectivity index (χ3n) is 1.96. The van der Waals surface area contributed by atoms with E-state index in [1.165, 1.54) is 0 Å². The standard InChI is InChI=1S/C10H9N5/c11-5-8-6-15(14-10(8)12)7-9-3-1-2-4-13-9/h1-4,6H,7H2,(H2,12,14). The molecule has 0 atom stereocenters. The lowest BCUT2D eigenvalue weighted by atomic mass is 10.3. The Morgan fingerprint density at radius 2 is 2.33 bits per heavy atom. The highest BCUT2D eigenvalue weighted by atomic mass is 15.3. The van der Waals surface area contributed by atoms with Crippen LogP contribution in [0.15, 0.2) is 30.6 Å². The fourth-order valence-corrected chi connectivity index (χ4v) is 1.26. The van der Waals surface area contributed by atoms with Crippen molar-refractivity contribution >= 4 is 5.82 Å². The number of nitrogen functional groups attached to an aromatic ring is 1. The van der Waals surface area contributed by atoms with E-state index in [0.717, 1.165) is 5.69 Å². The molecule has 0 spiro atoms. The number of hydrogen-bond donors (Lipinski definition) is 1. The maximum absolute atomic E-state index is 8.70. The molecule has 0 amide bonds. The minimum atomic E-state index is 0.258. The fraction of sp³-hybridized carbons (Fsp3) is 0.100.